The zero-order valence-corrected chi connectivity index (χ0v) is 10.9. The van der Waals surface area contributed by atoms with E-state index in [9.17, 15) is 4.39 Å². The molecule has 0 aliphatic carbocycles. The fourth-order valence-electron chi connectivity index (χ4n) is 1.81. The molecule has 0 aromatic heterocycles. The van der Waals surface area contributed by atoms with Gasteiger partial charge in [-0.25, -0.2) is 4.39 Å². The lowest BCUT2D eigenvalue weighted by Gasteiger charge is -2.18. The topological polar surface area (TPSA) is 21.3 Å². The van der Waals surface area contributed by atoms with Gasteiger partial charge in [-0.1, -0.05) is 12.1 Å². The van der Waals surface area contributed by atoms with E-state index in [4.69, 9.17) is 4.74 Å². The summed E-state index contributed by atoms with van der Waals surface area (Å²) >= 11 is 0. The van der Waals surface area contributed by atoms with Crippen LogP contribution in [-0.2, 0) is 4.74 Å². The molecule has 0 saturated heterocycles. The van der Waals surface area contributed by atoms with E-state index in [1.165, 1.54) is 12.1 Å². The summed E-state index contributed by atoms with van der Waals surface area (Å²) in [5.74, 6) is 0.190. The number of nitrogens with one attached hydrogen (secondary N) is 1. The van der Waals surface area contributed by atoms with Gasteiger partial charge in [-0.15, -0.1) is 0 Å². The predicted molar refractivity (Wildman–Crippen MR) is 68.8 cm³/mol. The number of rotatable bonds is 7. The maximum Gasteiger partial charge on any atom is 0.123 e. The number of halogens is 1. The van der Waals surface area contributed by atoms with Crippen molar-refractivity contribution in [2.45, 2.75) is 32.3 Å². The van der Waals surface area contributed by atoms with Crippen LogP contribution in [0, 0.1) is 5.82 Å². The Balaban J connectivity index is 2.55. The highest BCUT2D eigenvalue weighted by molar-refractivity contribution is 5.20. The average Bonchev–Trinajstić information content (AvgIpc) is 2.29. The number of hydrogen-bond acceptors (Lipinski definition) is 2. The van der Waals surface area contributed by atoms with Gasteiger partial charge in [0.1, 0.15) is 5.82 Å². The third-order valence-electron chi connectivity index (χ3n) is 2.71. The van der Waals surface area contributed by atoms with E-state index in [0.717, 1.165) is 25.1 Å². The quantitative estimate of drug-likeness (QED) is 0.790. The first-order valence-electron chi connectivity index (χ1n) is 6.15. The summed E-state index contributed by atoms with van der Waals surface area (Å²) in [6.07, 6.45) is 1.21. The Morgan fingerprint density at radius 1 is 1.24 bits per heavy atom. The fourth-order valence-corrected chi connectivity index (χ4v) is 1.81. The zero-order valence-electron chi connectivity index (χ0n) is 10.9. The summed E-state index contributed by atoms with van der Waals surface area (Å²) in [6, 6.07) is 6.74. The molecule has 0 heterocycles. The van der Waals surface area contributed by atoms with Gasteiger partial charge in [-0.2, -0.15) is 0 Å². The first-order valence-corrected chi connectivity index (χ1v) is 6.15. The van der Waals surface area contributed by atoms with Crippen molar-refractivity contribution in [3.8, 4) is 0 Å². The van der Waals surface area contributed by atoms with Crippen LogP contribution in [0.4, 0.5) is 4.39 Å². The van der Waals surface area contributed by atoms with Crippen LogP contribution in [0.1, 0.15) is 31.7 Å². The normalized spacial score (nSPS) is 13.0. The second-order valence-corrected chi connectivity index (χ2v) is 4.51. The summed E-state index contributed by atoms with van der Waals surface area (Å²) in [7, 11) is 1.93. The second kappa shape index (κ2) is 7.41. The number of benzene rings is 1. The lowest BCUT2D eigenvalue weighted by atomic mass is 9.96. The van der Waals surface area contributed by atoms with Crippen LogP contribution in [0.2, 0.25) is 0 Å². The molecule has 3 heteroatoms. The van der Waals surface area contributed by atoms with Crippen LogP contribution in [0.15, 0.2) is 24.3 Å². The first-order chi connectivity index (χ1) is 8.13. The van der Waals surface area contributed by atoms with E-state index in [1.807, 2.05) is 33.0 Å². The van der Waals surface area contributed by atoms with Crippen LogP contribution >= 0.6 is 0 Å². The fraction of sp³-hybridized carbons (Fsp3) is 0.571. The van der Waals surface area contributed by atoms with Crippen molar-refractivity contribution in [2.24, 2.45) is 0 Å². The largest absolute Gasteiger partial charge is 0.379 e. The van der Waals surface area contributed by atoms with Crippen LogP contribution in [0.3, 0.4) is 0 Å². The highest BCUT2D eigenvalue weighted by atomic mass is 19.1. The monoisotopic (exact) mass is 239 g/mol. The van der Waals surface area contributed by atoms with Crippen molar-refractivity contribution in [2.75, 3.05) is 20.2 Å². The standard InChI is InChI=1S/C14H22FNO/c1-11(2)17-9-8-13(10-16-3)12-4-6-14(15)7-5-12/h4-7,11,13,16H,8-10H2,1-3H3. The first kappa shape index (κ1) is 14.1. The third kappa shape index (κ3) is 5.29. The van der Waals surface area contributed by atoms with Crippen molar-refractivity contribution < 1.29 is 9.13 Å². The van der Waals surface area contributed by atoms with E-state index in [-0.39, 0.29) is 11.9 Å². The van der Waals surface area contributed by atoms with Crippen LogP contribution in [0.5, 0.6) is 0 Å². The Morgan fingerprint density at radius 2 is 1.88 bits per heavy atom. The lowest BCUT2D eigenvalue weighted by molar-refractivity contribution is 0.0734. The number of ether oxygens (including phenoxy) is 1. The molecule has 96 valence electrons. The Hall–Kier alpha value is -0.930. The molecular formula is C14H22FNO. The Morgan fingerprint density at radius 3 is 2.41 bits per heavy atom. The third-order valence-corrected chi connectivity index (χ3v) is 2.71. The van der Waals surface area contributed by atoms with E-state index >= 15 is 0 Å². The van der Waals surface area contributed by atoms with E-state index in [2.05, 4.69) is 5.32 Å². The minimum absolute atomic E-state index is 0.185. The molecule has 0 aliphatic heterocycles. The molecular weight excluding hydrogens is 217 g/mol. The maximum atomic E-state index is 12.9. The van der Waals surface area contributed by atoms with Gasteiger partial charge in [0.2, 0.25) is 0 Å². The molecule has 1 aromatic carbocycles. The predicted octanol–water partition coefficient (Wildman–Crippen LogP) is 2.94. The zero-order chi connectivity index (χ0) is 12.7. The van der Waals surface area contributed by atoms with Gasteiger partial charge in [0.25, 0.3) is 0 Å². The Bertz CT molecular complexity index is 311. The van der Waals surface area contributed by atoms with Gasteiger partial charge >= 0.3 is 0 Å². The lowest BCUT2D eigenvalue weighted by Crippen LogP contribution is -2.19. The van der Waals surface area contributed by atoms with Gasteiger partial charge in [-0.3, -0.25) is 0 Å². The van der Waals surface area contributed by atoms with Crippen molar-refractivity contribution in [1.29, 1.82) is 0 Å². The Labute approximate surface area is 103 Å². The summed E-state index contributed by atoms with van der Waals surface area (Å²) in [4.78, 5) is 0. The van der Waals surface area contributed by atoms with E-state index < -0.39 is 0 Å². The molecule has 2 nitrogen and oxygen atoms in total. The minimum Gasteiger partial charge on any atom is -0.379 e. The second-order valence-electron chi connectivity index (χ2n) is 4.51. The summed E-state index contributed by atoms with van der Waals surface area (Å²) < 4.78 is 18.4. The van der Waals surface area contributed by atoms with Crippen molar-refractivity contribution in [3.63, 3.8) is 0 Å². The molecule has 0 amide bonds. The molecule has 1 atom stereocenters. The van der Waals surface area contributed by atoms with Crippen LogP contribution in [-0.4, -0.2) is 26.3 Å². The molecule has 1 rings (SSSR count). The van der Waals surface area contributed by atoms with E-state index in [1.54, 1.807) is 0 Å². The molecule has 0 aliphatic rings. The Kier molecular flexibility index (Phi) is 6.16. The average molecular weight is 239 g/mol. The molecule has 0 spiro atoms. The summed E-state index contributed by atoms with van der Waals surface area (Å²) in [5.41, 5.74) is 1.16. The van der Waals surface area contributed by atoms with Crippen molar-refractivity contribution >= 4 is 0 Å². The molecule has 17 heavy (non-hydrogen) atoms. The minimum atomic E-state index is -0.185. The molecule has 0 radical (unpaired) electrons. The molecule has 0 fully saturated rings. The van der Waals surface area contributed by atoms with Gasteiger partial charge in [0, 0.05) is 13.2 Å². The molecule has 0 bridgehead atoms. The molecule has 1 unspecified atom stereocenters. The molecule has 1 N–H and O–H groups in total. The van der Waals surface area contributed by atoms with E-state index in [0.29, 0.717) is 5.92 Å². The molecule has 0 saturated carbocycles. The van der Waals surface area contributed by atoms with Gasteiger partial charge in [-0.05, 0) is 50.9 Å². The van der Waals surface area contributed by atoms with Crippen molar-refractivity contribution in [3.05, 3.63) is 35.6 Å². The number of hydrogen-bond donors (Lipinski definition) is 1. The highest BCUT2D eigenvalue weighted by Crippen LogP contribution is 2.19. The van der Waals surface area contributed by atoms with Crippen LogP contribution < -0.4 is 5.32 Å². The summed E-state index contributed by atoms with van der Waals surface area (Å²) in [5, 5.41) is 3.17. The maximum absolute atomic E-state index is 12.9. The number of likely N-dealkylation sites (N-methyl/N-ethyl adjacent to an activating group) is 1. The highest BCUT2D eigenvalue weighted by Gasteiger charge is 2.11. The van der Waals surface area contributed by atoms with Gasteiger partial charge in [0.05, 0.1) is 6.10 Å². The SMILES string of the molecule is CNCC(CCOC(C)C)c1ccc(F)cc1. The van der Waals surface area contributed by atoms with Gasteiger partial charge < -0.3 is 10.1 Å². The molecule has 1 aromatic rings. The summed E-state index contributed by atoms with van der Waals surface area (Å²) in [6.45, 7) is 5.68. The van der Waals surface area contributed by atoms with Gasteiger partial charge in [0.15, 0.2) is 0 Å². The van der Waals surface area contributed by atoms with Crippen molar-refractivity contribution in [1.82, 2.24) is 5.32 Å². The van der Waals surface area contributed by atoms with Crippen LogP contribution in [0.25, 0.3) is 0 Å². The smallest absolute Gasteiger partial charge is 0.123 e.